The molecule has 2 aromatic rings. The van der Waals surface area contributed by atoms with Crippen molar-refractivity contribution in [3.05, 3.63) is 54.1 Å². The Morgan fingerprint density at radius 3 is 2.57 bits per heavy atom. The number of rotatable bonds is 6. The molecule has 1 heterocycles. The van der Waals surface area contributed by atoms with Crippen molar-refractivity contribution in [1.82, 2.24) is 4.90 Å². The highest BCUT2D eigenvalue weighted by Crippen LogP contribution is 2.27. The summed E-state index contributed by atoms with van der Waals surface area (Å²) >= 11 is 0. The van der Waals surface area contributed by atoms with Gasteiger partial charge in [-0.25, -0.2) is 13.6 Å². The van der Waals surface area contributed by atoms with Gasteiger partial charge in [-0.15, -0.1) is 0 Å². The molecule has 1 amide bonds. The molecule has 0 radical (unpaired) electrons. The summed E-state index contributed by atoms with van der Waals surface area (Å²) < 4.78 is 34.3. The summed E-state index contributed by atoms with van der Waals surface area (Å²) in [6.45, 7) is 3.65. The van der Waals surface area contributed by atoms with E-state index in [0.29, 0.717) is 30.0 Å². The van der Waals surface area contributed by atoms with E-state index in [1.165, 1.54) is 18.2 Å². The van der Waals surface area contributed by atoms with Crippen LogP contribution in [0.25, 0.3) is 0 Å². The number of primary sulfonamides is 1. The Bertz CT molecular complexity index is 1010. The van der Waals surface area contributed by atoms with E-state index in [1.807, 2.05) is 30.3 Å². The van der Waals surface area contributed by atoms with E-state index < -0.39 is 21.7 Å². The first kappa shape index (κ1) is 22.1. The summed E-state index contributed by atoms with van der Waals surface area (Å²) in [5, 5.41) is 15.9. The standard InChI is InChI=1S/C21H26N2O6S/c1-15-12-17(30(22,26)27)8-9-18(15)28-13-20(24)23-11-10-19(21(2,25)14-23)29-16-6-4-3-5-7-16/h3-9,12,19,25H,10-11,13-14H2,1-2H3,(H2,22,26,27)/t19-,21-/m0/s1. The normalized spacial score (nSPS) is 21.9. The highest BCUT2D eigenvalue weighted by atomic mass is 32.2. The molecule has 1 aliphatic heterocycles. The number of β-amino-alcohol motifs (C(OH)–C–C–N with tert-alkyl or cyclic N) is 1. The molecule has 9 heteroatoms. The maximum atomic E-state index is 12.6. The first-order valence-corrected chi connectivity index (χ1v) is 11.1. The number of sulfonamides is 1. The van der Waals surface area contributed by atoms with Gasteiger partial charge in [0, 0.05) is 13.0 Å². The Morgan fingerprint density at radius 2 is 1.97 bits per heavy atom. The number of aliphatic hydroxyl groups is 1. The second-order valence-electron chi connectivity index (χ2n) is 7.64. The summed E-state index contributed by atoms with van der Waals surface area (Å²) in [6, 6.07) is 13.4. The van der Waals surface area contributed by atoms with Crippen LogP contribution >= 0.6 is 0 Å². The number of para-hydroxylation sites is 1. The van der Waals surface area contributed by atoms with Crippen LogP contribution in [0.3, 0.4) is 0 Å². The topological polar surface area (TPSA) is 119 Å². The van der Waals surface area contributed by atoms with Gasteiger partial charge >= 0.3 is 0 Å². The molecule has 0 spiro atoms. The quantitative estimate of drug-likeness (QED) is 0.710. The lowest BCUT2D eigenvalue weighted by Gasteiger charge is -2.42. The molecule has 1 aliphatic rings. The maximum Gasteiger partial charge on any atom is 0.260 e. The molecule has 2 atom stereocenters. The molecule has 0 aliphatic carbocycles. The van der Waals surface area contributed by atoms with Gasteiger partial charge < -0.3 is 19.5 Å². The van der Waals surface area contributed by atoms with E-state index in [4.69, 9.17) is 14.6 Å². The fraction of sp³-hybridized carbons (Fsp3) is 0.381. The van der Waals surface area contributed by atoms with Crippen molar-refractivity contribution in [1.29, 1.82) is 0 Å². The van der Waals surface area contributed by atoms with Gasteiger partial charge in [0.15, 0.2) is 6.61 Å². The van der Waals surface area contributed by atoms with Gasteiger partial charge in [-0.05, 0) is 49.7 Å². The number of hydrogen-bond acceptors (Lipinski definition) is 6. The van der Waals surface area contributed by atoms with Gasteiger partial charge in [0.25, 0.3) is 5.91 Å². The molecule has 3 rings (SSSR count). The van der Waals surface area contributed by atoms with Crippen LogP contribution in [0.4, 0.5) is 0 Å². The Balaban J connectivity index is 1.58. The van der Waals surface area contributed by atoms with Gasteiger partial charge in [-0.3, -0.25) is 4.79 Å². The highest BCUT2D eigenvalue weighted by Gasteiger charge is 2.41. The van der Waals surface area contributed by atoms with Crippen LogP contribution in [0.1, 0.15) is 18.9 Å². The van der Waals surface area contributed by atoms with Crippen molar-refractivity contribution in [3.8, 4) is 11.5 Å². The van der Waals surface area contributed by atoms with Crippen molar-refractivity contribution in [2.75, 3.05) is 19.7 Å². The monoisotopic (exact) mass is 434 g/mol. The van der Waals surface area contributed by atoms with Crippen LogP contribution < -0.4 is 14.6 Å². The molecule has 0 saturated carbocycles. The van der Waals surface area contributed by atoms with E-state index in [9.17, 15) is 18.3 Å². The lowest BCUT2D eigenvalue weighted by Crippen LogP contribution is -2.59. The summed E-state index contributed by atoms with van der Waals surface area (Å²) in [5.74, 6) is 0.789. The average Bonchev–Trinajstić information content (AvgIpc) is 2.68. The largest absolute Gasteiger partial charge is 0.487 e. The summed E-state index contributed by atoms with van der Waals surface area (Å²) in [6.07, 6.45) is 0.0493. The fourth-order valence-electron chi connectivity index (χ4n) is 3.40. The number of amides is 1. The number of carbonyl (C=O) groups is 1. The van der Waals surface area contributed by atoms with E-state index >= 15 is 0 Å². The lowest BCUT2D eigenvalue weighted by molar-refractivity contribution is -0.147. The summed E-state index contributed by atoms with van der Waals surface area (Å²) in [5.41, 5.74) is -0.659. The van der Waals surface area contributed by atoms with Crippen molar-refractivity contribution in [2.45, 2.75) is 36.9 Å². The number of nitrogens with zero attached hydrogens (tertiary/aromatic N) is 1. The zero-order valence-corrected chi connectivity index (χ0v) is 17.8. The van der Waals surface area contributed by atoms with Crippen LogP contribution in [0.2, 0.25) is 0 Å². The van der Waals surface area contributed by atoms with Crippen LogP contribution in [0, 0.1) is 6.92 Å². The minimum absolute atomic E-state index is 0.0183. The Morgan fingerprint density at radius 1 is 1.27 bits per heavy atom. The SMILES string of the molecule is Cc1cc(S(N)(=O)=O)ccc1OCC(=O)N1CC[C@H](Oc2ccccc2)[C@@](C)(O)C1. The molecule has 30 heavy (non-hydrogen) atoms. The Kier molecular flexibility index (Phi) is 6.35. The number of carbonyl (C=O) groups excluding carboxylic acids is 1. The smallest absolute Gasteiger partial charge is 0.260 e. The molecule has 8 nitrogen and oxygen atoms in total. The lowest BCUT2D eigenvalue weighted by atomic mass is 9.91. The molecule has 0 aromatic heterocycles. The first-order chi connectivity index (χ1) is 14.1. The number of ether oxygens (including phenoxy) is 2. The molecule has 162 valence electrons. The van der Waals surface area contributed by atoms with Crippen LogP contribution in [-0.4, -0.2) is 55.7 Å². The van der Waals surface area contributed by atoms with E-state index in [2.05, 4.69) is 0 Å². The van der Waals surface area contributed by atoms with Gasteiger partial charge in [0.05, 0.1) is 11.4 Å². The molecule has 1 fully saturated rings. The number of aryl methyl sites for hydroxylation is 1. The van der Waals surface area contributed by atoms with Gasteiger partial charge in [0.2, 0.25) is 10.0 Å². The predicted octanol–water partition coefficient (Wildman–Crippen LogP) is 1.45. The first-order valence-electron chi connectivity index (χ1n) is 9.54. The molecule has 3 N–H and O–H groups in total. The third kappa shape index (κ3) is 5.29. The molecule has 2 aromatic carbocycles. The molecule has 0 unspecified atom stereocenters. The number of hydrogen-bond donors (Lipinski definition) is 2. The average molecular weight is 435 g/mol. The minimum atomic E-state index is -3.80. The zero-order valence-electron chi connectivity index (χ0n) is 16.9. The van der Waals surface area contributed by atoms with Crippen LogP contribution in [0.5, 0.6) is 11.5 Å². The van der Waals surface area contributed by atoms with Crippen LogP contribution in [0.15, 0.2) is 53.4 Å². The highest BCUT2D eigenvalue weighted by molar-refractivity contribution is 7.89. The van der Waals surface area contributed by atoms with Crippen LogP contribution in [-0.2, 0) is 14.8 Å². The Labute approximate surface area is 176 Å². The van der Waals surface area contributed by atoms with E-state index in [0.717, 1.165) is 0 Å². The van der Waals surface area contributed by atoms with Crippen molar-refractivity contribution in [2.24, 2.45) is 5.14 Å². The Hall–Kier alpha value is -2.62. The van der Waals surface area contributed by atoms with E-state index in [1.54, 1.807) is 18.7 Å². The minimum Gasteiger partial charge on any atom is -0.487 e. The molecular weight excluding hydrogens is 408 g/mol. The molecule has 0 bridgehead atoms. The maximum absolute atomic E-state index is 12.6. The summed E-state index contributed by atoms with van der Waals surface area (Å²) in [4.78, 5) is 14.1. The van der Waals surface area contributed by atoms with Gasteiger partial charge in [-0.1, -0.05) is 18.2 Å². The zero-order chi connectivity index (χ0) is 21.9. The van der Waals surface area contributed by atoms with Crippen molar-refractivity contribution < 1.29 is 27.8 Å². The molecule has 1 saturated heterocycles. The van der Waals surface area contributed by atoms with Gasteiger partial charge in [-0.2, -0.15) is 0 Å². The van der Waals surface area contributed by atoms with E-state index in [-0.39, 0.29) is 24.0 Å². The van der Waals surface area contributed by atoms with Crippen molar-refractivity contribution in [3.63, 3.8) is 0 Å². The summed E-state index contributed by atoms with van der Waals surface area (Å²) in [7, 11) is -3.80. The number of piperidine rings is 1. The number of nitrogens with two attached hydrogens (primary N) is 1. The fourth-order valence-corrected chi connectivity index (χ4v) is 4.00. The predicted molar refractivity (Wildman–Crippen MR) is 111 cm³/mol. The number of likely N-dealkylation sites (tertiary alicyclic amines) is 1. The second kappa shape index (κ2) is 8.63. The third-order valence-electron chi connectivity index (χ3n) is 5.07. The molecular formula is C21H26N2O6S. The van der Waals surface area contributed by atoms with Crippen molar-refractivity contribution >= 4 is 15.9 Å². The second-order valence-corrected chi connectivity index (χ2v) is 9.20. The number of benzene rings is 2. The van der Waals surface area contributed by atoms with Gasteiger partial charge in [0.1, 0.15) is 23.2 Å². The third-order valence-corrected chi connectivity index (χ3v) is 5.98.